The predicted molar refractivity (Wildman–Crippen MR) is 91.6 cm³/mol. The molecule has 0 unspecified atom stereocenters. The van der Waals surface area contributed by atoms with Gasteiger partial charge in [0.05, 0.1) is 5.69 Å². The summed E-state index contributed by atoms with van der Waals surface area (Å²) in [5.41, 5.74) is 3.95. The second-order valence-electron chi connectivity index (χ2n) is 5.65. The minimum absolute atomic E-state index is 0.0769. The number of anilines is 1. The Balaban J connectivity index is 1.68. The zero-order valence-electron chi connectivity index (χ0n) is 12.8. The van der Waals surface area contributed by atoms with Crippen molar-refractivity contribution in [2.75, 3.05) is 18.0 Å². The van der Waals surface area contributed by atoms with E-state index in [4.69, 9.17) is 0 Å². The van der Waals surface area contributed by atoms with Gasteiger partial charge in [-0.15, -0.1) is 0 Å². The molecule has 1 saturated heterocycles. The molecule has 1 heterocycles. The molecular formula is C19H20N2O. The fraction of sp³-hybridized carbons (Fsp3) is 0.263. The van der Waals surface area contributed by atoms with Crippen molar-refractivity contribution in [1.82, 2.24) is 0 Å². The average Bonchev–Trinajstić information content (AvgIpc) is 3.08. The van der Waals surface area contributed by atoms with Crippen LogP contribution in [0.4, 0.5) is 11.4 Å². The van der Waals surface area contributed by atoms with E-state index >= 15 is 0 Å². The summed E-state index contributed by atoms with van der Waals surface area (Å²) in [7, 11) is 0. The minimum atomic E-state index is 0.0769. The number of benzene rings is 2. The Morgan fingerprint density at radius 1 is 1.00 bits per heavy atom. The molecule has 1 fully saturated rings. The van der Waals surface area contributed by atoms with Crippen molar-refractivity contribution in [3.8, 4) is 0 Å². The summed E-state index contributed by atoms with van der Waals surface area (Å²) in [4.78, 5) is 18.1. The normalized spacial score (nSPS) is 14.7. The molecule has 3 heteroatoms. The fourth-order valence-corrected chi connectivity index (χ4v) is 2.68. The van der Waals surface area contributed by atoms with Gasteiger partial charge in [0, 0.05) is 30.6 Å². The molecular weight excluding hydrogens is 272 g/mol. The van der Waals surface area contributed by atoms with Gasteiger partial charge < -0.3 is 4.90 Å². The smallest absolute Gasteiger partial charge is 0.159 e. The van der Waals surface area contributed by atoms with E-state index in [0.29, 0.717) is 5.56 Å². The van der Waals surface area contributed by atoms with Crippen molar-refractivity contribution in [3.63, 3.8) is 0 Å². The van der Waals surface area contributed by atoms with E-state index < -0.39 is 0 Å². The Morgan fingerprint density at radius 3 is 2.23 bits per heavy atom. The van der Waals surface area contributed by atoms with Crippen LogP contribution >= 0.6 is 0 Å². The van der Waals surface area contributed by atoms with Crippen molar-refractivity contribution in [2.24, 2.45) is 4.99 Å². The van der Waals surface area contributed by atoms with Crippen LogP contribution < -0.4 is 4.90 Å². The predicted octanol–water partition coefficient (Wildman–Crippen LogP) is 4.24. The van der Waals surface area contributed by atoms with E-state index in [1.54, 1.807) is 6.92 Å². The average molecular weight is 292 g/mol. The highest BCUT2D eigenvalue weighted by Gasteiger charge is 2.11. The summed E-state index contributed by atoms with van der Waals surface area (Å²) < 4.78 is 0. The first-order valence-electron chi connectivity index (χ1n) is 7.72. The van der Waals surface area contributed by atoms with Crippen molar-refractivity contribution in [2.45, 2.75) is 19.8 Å². The zero-order valence-corrected chi connectivity index (χ0v) is 12.8. The Bertz CT molecular complexity index is 666. The lowest BCUT2D eigenvalue weighted by Crippen LogP contribution is -2.17. The molecule has 2 aromatic carbocycles. The van der Waals surface area contributed by atoms with Crippen LogP contribution in [0, 0.1) is 0 Å². The highest BCUT2D eigenvalue weighted by molar-refractivity contribution is 5.94. The van der Waals surface area contributed by atoms with Crippen LogP contribution in [0.2, 0.25) is 0 Å². The number of carbonyl (C=O) groups excluding carboxylic acids is 1. The van der Waals surface area contributed by atoms with Gasteiger partial charge in [-0.2, -0.15) is 0 Å². The number of ketones is 1. The number of nitrogens with zero attached hydrogens (tertiary/aromatic N) is 2. The molecule has 0 spiro atoms. The molecule has 0 N–H and O–H groups in total. The van der Waals surface area contributed by atoms with Crippen LogP contribution in [0.5, 0.6) is 0 Å². The molecule has 3 rings (SSSR count). The van der Waals surface area contributed by atoms with Crippen LogP contribution in [0.15, 0.2) is 53.5 Å². The Morgan fingerprint density at radius 2 is 1.64 bits per heavy atom. The second-order valence-corrected chi connectivity index (χ2v) is 5.65. The standard InChI is InChI=1S/C19H20N2O/c1-15(22)17-6-8-18(9-7-17)20-14-16-4-10-19(11-5-16)21-12-2-3-13-21/h4-11,14H,2-3,12-13H2,1H3. The van der Waals surface area contributed by atoms with Crippen molar-refractivity contribution >= 4 is 23.4 Å². The number of hydrogen-bond acceptors (Lipinski definition) is 3. The summed E-state index contributed by atoms with van der Waals surface area (Å²) in [6, 6.07) is 15.9. The molecule has 1 aliphatic rings. The first kappa shape index (κ1) is 14.5. The van der Waals surface area contributed by atoms with E-state index in [1.807, 2.05) is 30.5 Å². The number of carbonyl (C=O) groups is 1. The van der Waals surface area contributed by atoms with Gasteiger partial charge in [-0.3, -0.25) is 9.79 Å². The summed E-state index contributed by atoms with van der Waals surface area (Å²) in [5.74, 6) is 0.0769. The summed E-state index contributed by atoms with van der Waals surface area (Å²) >= 11 is 0. The van der Waals surface area contributed by atoms with E-state index in [9.17, 15) is 4.79 Å². The van der Waals surface area contributed by atoms with Gasteiger partial charge in [0.25, 0.3) is 0 Å². The minimum Gasteiger partial charge on any atom is -0.372 e. The molecule has 0 atom stereocenters. The largest absolute Gasteiger partial charge is 0.372 e. The lowest BCUT2D eigenvalue weighted by atomic mass is 10.1. The SMILES string of the molecule is CC(=O)c1ccc(N=Cc2ccc(N3CCCC3)cc2)cc1. The van der Waals surface area contributed by atoms with Gasteiger partial charge >= 0.3 is 0 Å². The van der Waals surface area contributed by atoms with Crippen LogP contribution in [-0.2, 0) is 0 Å². The van der Waals surface area contributed by atoms with Gasteiger partial charge in [-0.25, -0.2) is 0 Å². The number of rotatable bonds is 4. The van der Waals surface area contributed by atoms with Crippen molar-refractivity contribution < 1.29 is 4.79 Å². The lowest BCUT2D eigenvalue weighted by molar-refractivity contribution is 0.101. The molecule has 2 aromatic rings. The highest BCUT2D eigenvalue weighted by atomic mass is 16.1. The van der Waals surface area contributed by atoms with E-state index in [2.05, 4.69) is 34.2 Å². The molecule has 0 radical (unpaired) electrons. The topological polar surface area (TPSA) is 32.7 Å². The summed E-state index contributed by atoms with van der Waals surface area (Å²) in [5, 5.41) is 0. The maximum atomic E-state index is 11.2. The molecule has 0 aliphatic carbocycles. The van der Waals surface area contributed by atoms with Gasteiger partial charge in [0.1, 0.15) is 0 Å². The summed E-state index contributed by atoms with van der Waals surface area (Å²) in [6.07, 6.45) is 4.44. The highest BCUT2D eigenvalue weighted by Crippen LogP contribution is 2.20. The lowest BCUT2D eigenvalue weighted by Gasteiger charge is -2.17. The molecule has 22 heavy (non-hydrogen) atoms. The molecule has 1 aliphatic heterocycles. The maximum Gasteiger partial charge on any atom is 0.159 e. The number of hydrogen-bond donors (Lipinski definition) is 0. The van der Waals surface area contributed by atoms with Crippen LogP contribution in [0.3, 0.4) is 0 Å². The molecule has 112 valence electrons. The van der Waals surface area contributed by atoms with E-state index in [0.717, 1.165) is 24.3 Å². The molecule has 0 aromatic heterocycles. The van der Waals surface area contributed by atoms with E-state index in [1.165, 1.54) is 18.5 Å². The van der Waals surface area contributed by atoms with Crippen molar-refractivity contribution in [1.29, 1.82) is 0 Å². The van der Waals surface area contributed by atoms with Gasteiger partial charge in [-0.1, -0.05) is 12.1 Å². The number of Topliss-reactive ketones (excluding diaryl/α,β-unsaturated/α-hetero) is 1. The van der Waals surface area contributed by atoms with E-state index in [-0.39, 0.29) is 5.78 Å². The van der Waals surface area contributed by atoms with Crippen molar-refractivity contribution in [3.05, 3.63) is 59.7 Å². The van der Waals surface area contributed by atoms with Crippen LogP contribution in [0.25, 0.3) is 0 Å². The second kappa shape index (κ2) is 6.56. The first-order chi connectivity index (χ1) is 10.7. The fourth-order valence-electron chi connectivity index (χ4n) is 2.68. The van der Waals surface area contributed by atoms with Gasteiger partial charge in [0.2, 0.25) is 0 Å². The first-order valence-corrected chi connectivity index (χ1v) is 7.72. The summed E-state index contributed by atoms with van der Waals surface area (Å²) in [6.45, 7) is 3.89. The van der Waals surface area contributed by atoms with Gasteiger partial charge in [0.15, 0.2) is 5.78 Å². The third-order valence-corrected chi connectivity index (χ3v) is 4.00. The Labute approximate surface area is 131 Å². The monoisotopic (exact) mass is 292 g/mol. The quantitative estimate of drug-likeness (QED) is 0.623. The Hall–Kier alpha value is -2.42. The molecule has 0 amide bonds. The number of aliphatic imine (C=N–C) groups is 1. The third kappa shape index (κ3) is 3.42. The van der Waals surface area contributed by atoms with Crippen LogP contribution in [-0.4, -0.2) is 25.1 Å². The maximum absolute atomic E-state index is 11.2. The molecule has 0 bridgehead atoms. The van der Waals surface area contributed by atoms with Crippen LogP contribution in [0.1, 0.15) is 35.7 Å². The van der Waals surface area contributed by atoms with Gasteiger partial charge in [-0.05, 0) is 61.7 Å². The molecule has 0 saturated carbocycles. The third-order valence-electron chi connectivity index (χ3n) is 4.00. The Kier molecular flexibility index (Phi) is 4.33. The molecule has 3 nitrogen and oxygen atoms in total. The zero-order chi connectivity index (χ0) is 15.4.